The lowest BCUT2D eigenvalue weighted by Crippen LogP contribution is -2.53. The summed E-state index contributed by atoms with van der Waals surface area (Å²) in [4.78, 5) is 14.9. The van der Waals surface area contributed by atoms with Crippen LogP contribution in [0.3, 0.4) is 0 Å². The predicted octanol–water partition coefficient (Wildman–Crippen LogP) is 3.05. The van der Waals surface area contributed by atoms with Gasteiger partial charge in [0.15, 0.2) is 0 Å². The van der Waals surface area contributed by atoms with Crippen molar-refractivity contribution in [1.29, 1.82) is 0 Å². The number of hydrogen-bond donors (Lipinski definition) is 1. The molecule has 0 bridgehead atoms. The Hall–Kier alpha value is -0.810. The fourth-order valence-corrected chi connectivity index (χ4v) is 3.46. The van der Waals surface area contributed by atoms with Gasteiger partial charge in [0.1, 0.15) is 6.10 Å². The quantitative estimate of drug-likeness (QED) is 0.883. The normalized spacial score (nSPS) is 28.1. The fourth-order valence-electron chi connectivity index (χ4n) is 3.33. The highest BCUT2D eigenvalue weighted by molar-refractivity contribution is 6.30. The molecule has 6 heteroatoms. The van der Waals surface area contributed by atoms with E-state index in [-0.39, 0.29) is 29.8 Å². The molecule has 2 fully saturated rings. The second kappa shape index (κ2) is 7.84. The van der Waals surface area contributed by atoms with E-state index in [1.54, 1.807) is 0 Å². The average Bonchev–Trinajstić information content (AvgIpc) is 2.56. The number of ether oxygens (including phenoxy) is 1. The van der Waals surface area contributed by atoms with E-state index in [1.807, 2.05) is 29.2 Å². The lowest BCUT2D eigenvalue weighted by atomic mass is 9.81. The predicted molar refractivity (Wildman–Crippen MR) is 94.2 cm³/mol. The Morgan fingerprint density at radius 1 is 1.39 bits per heavy atom. The molecule has 2 aliphatic rings. The number of benzene rings is 1. The van der Waals surface area contributed by atoms with Crippen LogP contribution in [0.4, 0.5) is 0 Å². The van der Waals surface area contributed by atoms with Crippen LogP contribution in [0, 0.1) is 5.41 Å². The molecule has 2 aliphatic heterocycles. The Labute approximate surface area is 148 Å². The van der Waals surface area contributed by atoms with Crippen LogP contribution in [0.1, 0.15) is 31.4 Å². The maximum Gasteiger partial charge on any atom is 0.229 e. The largest absolute Gasteiger partial charge is 0.370 e. The molecule has 0 aliphatic carbocycles. The first-order valence-corrected chi connectivity index (χ1v) is 8.33. The Bertz CT molecular complexity index is 530. The van der Waals surface area contributed by atoms with Gasteiger partial charge < -0.3 is 15.0 Å². The summed E-state index contributed by atoms with van der Waals surface area (Å²) in [6.07, 6.45) is 1.96. The van der Waals surface area contributed by atoms with Gasteiger partial charge in [-0.3, -0.25) is 4.79 Å². The zero-order chi connectivity index (χ0) is 15.6. The number of hydrogen-bond acceptors (Lipinski definition) is 3. The molecule has 1 N–H and O–H groups in total. The SMILES string of the molecule is CC1(C(=O)N2CCOC(c3ccc(Cl)cc3)C2)CCCNC1.Cl. The highest BCUT2D eigenvalue weighted by Gasteiger charge is 2.39. The molecule has 2 unspecified atom stereocenters. The lowest BCUT2D eigenvalue weighted by molar-refractivity contribution is -0.150. The molecule has 2 heterocycles. The first kappa shape index (κ1) is 18.5. The molecule has 4 nitrogen and oxygen atoms in total. The number of morpholine rings is 1. The van der Waals surface area contributed by atoms with Gasteiger partial charge in [0.05, 0.1) is 18.6 Å². The van der Waals surface area contributed by atoms with Crippen LogP contribution >= 0.6 is 24.0 Å². The summed E-state index contributed by atoms with van der Waals surface area (Å²) < 4.78 is 5.85. The van der Waals surface area contributed by atoms with Crippen LogP contribution in [0.25, 0.3) is 0 Å². The zero-order valence-corrected chi connectivity index (χ0v) is 15.0. The number of nitrogens with one attached hydrogen (secondary N) is 1. The van der Waals surface area contributed by atoms with Crippen LogP contribution in [-0.4, -0.2) is 43.6 Å². The van der Waals surface area contributed by atoms with Gasteiger partial charge >= 0.3 is 0 Å². The molecule has 2 atom stereocenters. The Kier molecular flexibility index (Phi) is 6.32. The monoisotopic (exact) mass is 358 g/mol. The maximum atomic E-state index is 12.9. The highest BCUT2D eigenvalue weighted by Crippen LogP contribution is 2.31. The third-order valence-corrected chi connectivity index (χ3v) is 4.96. The van der Waals surface area contributed by atoms with Crippen molar-refractivity contribution in [3.8, 4) is 0 Å². The maximum absolute atomic E-state index is 12.9. The molecule has 128 valence electrons. The van der Waals surface area contributed by atoms with Gasteiger partial charge in [-0.05, 0) is 44.0 Å². The van der Waals surface area contributed by atoms with E-state index < -0.39 is 0 Å². The number of piperidine rings is 1. The number of halogens is 2. The smallest absolute Gasteiger partial charge is 0.229 e. The highest BCUT2D eigenvalue weighted by atomic mass is 35.5. The summed E-state index contributed by atoms with van der Waals surface area (Å²) in [6, 6.07) is 7.69. The third-order valence-electron chi connectivity index (χ3n) is 4.71. The molecule has 1 amide bonds. The number of rotatable bonds is 2. The van der Waals surface area contributed by atoms with E-state index in [1.165, 1.54) is 0 Å². The number of amides is 1. The molecule has 2 saturated heterocycles. The molecule has 0 radical (unpaired) electrons. The van der Waals surface area contributed by atoms with Gasteiger partial charge in [-0.2, -0.15) is 0 Å². The van der Waals surface area contributed by atoms with Crippen LogP contribution in [0.2, 0.25) is 5.02 Å². The van der Waals surface area contributed by atoms with Crippen molar-refractivity contribution in [2.75, 3.05) is 32.8 Å². The van der Waals surface area contributed by atoms with E-state index in [9.17, 15) is 4.79 Å². The Balaban J connectivity index is 0.00000192. The first-order valence-electron chi connectivity index (χ1n) is 7.96. The molecule has 1 aromatic carbocycles. The lowest BCUT2D eigenvalue weighted by Gasteiger charge is -2.41. The van der Waals surface area contributed by atoms with Gasteiger partial charge in [-0.25, -0.2) is 0 Å². The van der Waals surface area contributed by atoms with Crippen LogP contribution < -0.4 is 5.32 Å². The minimum Gasteiger partial charge on any atom is -0.370 e. The minimum absolute atomic E-state index is 0. The zero-order valence-electron chi connectivity index (χ0n) is 13.4. The second-order valence-electron chi connectivity index (χ2n) is 6.50. The Morgan fingerprint density at radius 3 is 2.78 bits per heavy atom. The summed E-state index contributed by atoms with van der Waals surface area (Å²) in [7, 11) is 0. The average molecular weight is 359 g/mol. The number of nitrogens with zero attached hydrogens (tertiary/aromatic N) is 1. The summed E-state index contributed by atoms with van der Waals surface area (Å²) in [5.41, 5.74) is 0.800. The molecular weight excluding hydrogens is 335 g/mol. The van der Waals surface area contributed by atoms with Crippen molar-refractivity contribution < 1.29 is 9.53 Å². The number of carbonyl (C=O) groups is 1. The third kappa shape index (κ3) is 4.18. The minimum atomic E-state index is -0.278. The van der Waals surface area contributed by atoms with E-state index in [2.05, 4.69) is 12.2 Å². The van der Waals surface area contributed by atoms with Crippen LogP contribution in [-0.2, 0) is 9.53 Å². The van der Waals surface area contributed by atoms with E-state index in [0.29, 0.717) is 24.7 Å². The summed E-state index contributed by atoms with van der Waals surface area (Å²) >= 11 is 5.94. The number of carbonyl (C=O) groups excluding carboxylic acids is 1. The second-order valence-corrected chi connectivity index (χ2v) is 6.94. The first-order chi connectivity index (χ1) is 10.6. The Morgan fingerprint density at radius 2 is 2.13 bits per heavy atom. The molecule has 3 rings (SSSR count). The van der Waals surface area contributed by atoms with Gasteiger partial charge in [-0.15, -0.1) is 12.4 Å². The van der Waals surface area contributed by atoms with Gasteiger partial charge in [0.2, 0.25) is 5.91 Å². The summed E-state index contributed by atoms with van der Waals surface area (Å²) in [6.45, 7) is 5.75. The van der Waals surface area contributed by atoms with Crippen molar-refractivity contribution >= 4 is 29.9 Å². The molecule has 0 spiro atoms. The van der Waals surface area contributed by atoms with E-state index >= 15 is 0 Å². The van der Waals surface area contributed by atoms with E-state index in [4.69, 9.17) is 16.3 Å². The molecule has 0 saturated carbocycles. The summed E-state index contributed by atoms with van der Waals surface area (Å²) in [5, 5.41) is 4.07. The van der Waals surface area contributed by atoms with Crippen molar-refractivity contribution in [2.24, 2.45) is 5.41 Å². The van der Waals surface area contributed by atoms with Gasteiger partial charge in [0, 0.05) is 18.1 Å². The standard InChI is InChI=1S/C17H23ClN2O2.ClH/c1-17(7-2-8-19-12-17)16(21)20-9-10-22-15(11-20)13-3-5-14(18)6-4-13;/h3-6,15,19H,2,7-12H2,1H3;1H. The molecule has 1 aromatic rings. The van der Waals surface area contributed by atoms with Crippen molar-refractivity contribution in [3.05, 3.63) is 34.9 Å². The summed E-state index contributed by atoms with van der Waals surface area (Å²) in [5.74, 6) is 0.252. The van der Waals surface area contributed by atoms with Gasteiger partial charge in [-0.1, -0.05) is 23.7 Å². The van der Waals surface area contributed by atoms with Crippen molar-refractivity contribution in [1.82, 2.24) is 10.2 Å². The van der Waals surface area contributed by atoms with E-state index in [0.717, 1.165) is 31.5 Å². The van der Waals surface area contributed by atoms with Gasteiger partial charge in [0.25, 0.3) is 0 Å². The molecule has 0 aromatic heterocycles. The van der Waals surface area contributed by atoms with Crippen LogP contribution in [0.5, 0.6) is 0 Å². The van der Waals surface area contributed by atoms with Crippen molar-refractivity contribution in [2.45, 2.75) is 25.9 Å². The van der Waals surface area contributed by atoms with Crippen molar-refractivity contribution in [3.63, 3.8) is 0 Å². The molecule has 23 heavy (non-hydrogen) atoms. The van der Waals surface area contributed by atoms with Crippen LogP contribution in [0.15, 0.2) is 24.3 Å². The molecular formula is C17H24Cl2N2O2. The fraction of sp³-hybridized carbons (Fsp3) is 0.588. The topological polar surface area (TPSA) is 41.6 Å².